The number of rotatable bonds is 16. The predicted molar refractivity (Wildman–Crippen MR) is 174 cm³/mol. The first-order valence-electron chi connectivity index (χ1n) is 16.3. The first-order chi connectivity index (χ1) is 21.9. The maximum absolute atomic E-state index is 14.7. The van der Waals surface area contributed by atoms with Crippen molar-refractivity contribution in [1.82, 2.24) is 14.7 Å². The third-order valence-corrected chi connectivity index (χ3v) is 9.99. The van der Waals surface area contributed by atoms with E-state index in [4.69, 9.17) is 4.74 Å². The van der Waals surface area contributed by atoms with Gasteiger partial charge in [-0.05, 0) is 49.7 Å². The molecule has 8 nitrogen and oxygen atoms in total. The van der Waals surface area contributed by atoms with Crippen molar-refractivity contribution in [3.8, 4) is 0 Å². The van der Waals surface area contributed by atoms with Crippen LogP contribution >= 0.6 is 0 Å². The molecule has 0 radical (unpaired) electrons. The monoisotopic (exact) mass is 613 g/mol. The maximum Gasteiger partial charge on any atom is 0.248 e. The van der Waals surface area contributed by atoms with Crippen LogP contribution in [0, 0.1) is 11.8 Å². The number of hydrogen-bond acceptors (Lipinski definition) is 5. The smallest absolute Gasteiger partial charge is 0.248 e. The Hall–Kier alpha value is -3.75. The molecule has 3 amide bonds. The van der Waals surface area contributed by atoms with Gasteiger partial charge in [0.1, 0.15) is 11.6 Å². The van der Waals surface area contributed by atoms with Crippen LogP contribution in [0.3, 0.4) is 0 Å². The van der Waals surface area contributed by atoms with E-state index >= 15 is 0 Å². The average molecular weight is 614 g/mol. The zero-order valence-electron chi connectivity index (χ0n) is 26.5. The van der Waals surface area contributed by atoms with Gasteiger partial charge in [-0.1, -0.05) is 79.7 Å². The Morgan fingerprint density at radius 1 is 0.911 bits per heavy atom. The summed E-state index contributed by atoms with van der Waals surface area (Å²) in [5.74, 6) is -1.93. The summed E-state index contributed by atoms with van der Waals surface area (Å²) in [6.07, 6.45) is 7.15. The van der Waals surface area contributed by atoms with E-state index in [1.54, 1.807) is 26.9 Å². The van der Waals surface area contributed by atoms with E-state index in [0.29, 0.717) is 64.8 Å². The van der Waals surface area contributed by atoms with Crippen molar-refractivity contribution in [2.75, 3.05) is 26.2 Å². The molecule has 2 unspecified atom stereocenters. The van der Waals surface area contributed by atoms with E-state index in [-0.39, 0.29) is 24.3 Å². The lowest BCUT2D eigenvalue weighted by Gasteiger charge is -2.37. The Labute approximate surface area is 267 Å². The molecule has 3 heterocycles. The van der Waals surface area contributed by atoms with Gasteiger partial charge in [0, 0.05) is 39.3 Å². The molecule has 8 heteroatoms. The van der Waals surface area contributed by atoms with Gasteiger partial charge >= 0.3 is 0 Å². The van der Waals surface area contributed by atoms with Gasteiger partial charge in [0.25, 0.3) is 0 Å². The van der Waals surface area contributed by atoms with E-state index in [2.05, 4.69) is 13.2 Å². The standard InChI is InChI=1S/C37H47N3O5/c1-4-22-38(26-28-16-10-7-11-17-28)33(42)30-31-34(43)40(24-14-9-15-25-41)32(37(31)21-20-36(30,6-3)45-37)35(44)39(23-5-2)27-29-18-12-8-13-19-29/h4-5,7-8,10-13,16-19,30-32,41H,1-2,6,9,14-15,20-27H2,3H3/t30-,31-,32?,36+,37?/m0/s1. The summed E-state index contributed by atoms with van der Waals surface area (Å²) in [6, 6.07) is 18.8. The average Bonchev–Trinajstić information content (AvgIpc) is 3.66. The Bertz CT molecular complexity index is 1370. The van der Waals surface area contributed by atoms with Crippen LogP contribution in [0.1, 0.15) is 56.6 Å². The van der Waals surface area contributed by atoms with Gasteiger partial charge in [-0.15, -0.1) is 13.2 Å². The molecule has 0 aromatic heterocycles. The Morgan fingerprint density at radius 2 is 1.49 bits per heavy atom. The minimum absolute atomic E-state index is 0.0757. The minimum atomic E-state index is -1.09. The Morgan fingerprint density at radius 3 is 2.02 bits per heavy atom. The first-order valence-corrected chi connectivity index (χ1v) is 16.3. The zero-order chi connectivity index (χ0) is 32.0. The fraction of sp³-hybridized carbons (Fsp3) is 0.486. The van der Waals surface area contributed by atoms with Crippen molar-refractivity contribution in [2.45, 2.75) is 75.8 Å². The van der Waals surface area contributed by atoms with Gasteiger partial charge in [0.15, 0.2) is 0 Å². The lowest BCUT2D eigenvalue weighted by atomic mass is 9.64. The van der Waals surface area contributed by atoms with Gasteiger partial charge < -0.3 is 24.5 Å². The molecule has 45 heavy (non-hydrogen) atoms. The van der Waals surface area contributed by atoms with E-state index in [1.807, 2.05) is 67.6 Å². The van der Waals surface area contributed by atoms with Crippen molar-refractivity contribution < 1.29 is 24.2 Å². The number of hydrogen-bond donors (Lipinski definition) is 1. The van der Waals surface area contributed by atoms with Gasteiger partial charge in [-0.3, -0.25) is 14.4 Å². The van der Waals surface area contributed by atoms with Crippen LogP contribution in [0.2, 0.25) is 0 Å². The number of carbonyl (C=O) groups is 3. The van der Waals surface area contributed by atoms with Crippen LogP contribution < -0.4 is 0 Å². The van der Waals surface area contributed by atoms with Crippen molar-refractivity contribution in [1.29, 1.82) is 0 Å². The van der Waals surface area contributed by atoms with Crippen molar-refractivity contribution in [3.63, 3.8) is 0 Å². The number of likely N-dealkylation sites (tertiary alicyclic amines) is 1. The summed E-state index contributed by atoms with van der Waals surface area (Å²) < 4.78 is 7.02. The second-order valence-corrected chi connectivity index (χ2v) is 12.6. The molecule has 2 bridgehead atoms. The van der Waals surface area contributed by atoms with Gasteiger partial charge in [0.2, 0.25) is 17.7 Å². The summed E-state index contributed by atoms with van der Waals surface area (Å²) in [6.45, 7) is 11.7. The number of unbranched alkanes of at least 4 members (excludes halogenated alkanes) is 2. The van der Waals surface area contributed by atoms with Crippen molar-refractivity contribution in [3.05, 3.63) is 97.1 Å². The molecule has 3 fully saturated rings. The van der Waals surface area contributed by atoms with Crippen LogP contribution in [0.4, 0.5) is 0 Å². The number of aliphatic hydroxyl groups excluding tert-OH is 1. The summed E-state index contributed by atoms with van der Waals surface area (Å²) in [7, 11) is 0. The van der Waals surface area contributed by atoms with Crippen LogP contribution in [0.5, 0.6) is 0 Å². The number of benzene rings is 2. The highest BCUT2D eigenvalue weighted by atomic mass is 16.5. The lowest BCUT2D eigenvalue weighted by molar-refractivity contribution is -0.155. The van der Waals surface area contributed by atoms with Crippen LogP contribution in [0.15, 0.2) is 86.0 Å². The third kappa shape index (κ3) is 6.10. The highest BCUT2D eigenvalue weighted by Gasteiger charge is 2.79. The highest BCUT2D eigenvalue weighted by Crippen LogP contribution is 2.64. The van der Waals surface area contributed by atoms with E-state index < -0.39 is 29.1 Å². The summed E-state index contributed by atoms with van der Waals surface area (Å²) >= 11 is 0. The Kier molecular flexibility index (Phi) is 10.2. The molecular weight excluding hydrogens is 566 g/mol. The molecule has 5 rings (SSSR count). The SMILES string of the molecule is C=CCN(Cc1ccccc1)C(=O)C1N(CCCCCO)C(=O)[C@@H]2[C@@H](C(=O)N(CC=C)Cc3ccccc3)[C@@]3(CC)CCC12O3. The summed E-state index contributed by atoms with van der Waals surface area (Å²) in [4.78, 5) is 49.2. The van der Waals surface area contributed by atoms with Crippen LogP contribution in [-0.2, 0) is 32.2 Å². The molecule has 240 valence electrons. The molecular formula is C37H47N3O5. The maximum atomic E-state index is 14.7. The quantitative estimate of drug-likeness (QED) is 0.218. The minimum Gasteiger partial charge on any atom is -0.396 e. The van der Waals surface area contributed by atoms with Gasteiger partial charge in [-0.25, -0.2) is 0 Å². The van der Waals surface area contributed by atoms with E-state index in [0.717, 1.165) is 17.5 Å². The van der Waals surface area contributed by atoms with Gasteiger partial charge in [-0.2, -0.15) is 0 Å². The van der Waals surface area contributed by atoms with Crippen molar-refractivity contribution in [2.24, 2.45) is 11.8 Å². The fourth-order valence-corrected chi connectivity index (χ4v) is 7.94. The lowest BCUT2D eigenvalue weighted by Crippen LogP contribution is -2.56. The fourth-order valence-electron chi connectivity index (χ4n) is 7.94. The van der Waals surface area contributed by atoms with Gasteiger partial charge in [0.05, 0.1) is 17.4 Å². The van der Waals surface area contributed by atoms with Crippen molar-refractivity contribution >= 4 is 17.7 Å². The predicted octanol–water partition coefficient (Wildman–Crippen LogP) is 4.73. The molecule has 0 aliphatic carbocycles. The molecule has 2 aromatic carbocycles. The molecule has 1 spiro atoms. The molecule has 3 aliphatic heterocycles. The molecule has 1 N–H and O–H groups in total. The Balaban J connectivity index is 1.53. The number of carbonyl (C=O) groups excluding carboxylic acids is 3. The normalized spacial score (nSPS) is 26.5. The second-order valence-electron chi connectivity index (χ2n) is 12.6. The number of fused-ring (bicyclic) bond motifs is 1. The number of nitrogens with zero attached hydrogens (tertiary/aromatic N) is 3. The number of amides is 3. The van der Waals surface area contributed by atoms with E-state index in [1.165, 1.54) is 0 Å². The molecule has 3 saturated heterocycles. The summed E-state index contributed by atoms with van der Waals surface area (Å²) in [5, 5.41) is 9.37. The van der Waals surface area contributed by atoms with Crippen LogP contribution in [-0.4, -0.2) is 81.0 Å². The molecule has 5 atom stereocenters. The third-order valence-electron chi connectivity index (χ3n) is 9.99. The number of aliphatic hydroxyl groups is 1. The molecule has 0 saturated carbocycles. The van der Waals surface area contributed by atoms with E-state index in [9.17, 15) is 19.5 Å². The topological polar surface area (TPSA) is 90.4 Å². The first kappa shape index (κ1) is 32.6. The largest absolute Gasteiger partial charge is 0.396 e. The second kappa shape index (κ2) is 14.1. The highest BCUT2D eigenvalue weighted by molar-refractivity contribution is 5.99. The summed E-state index contributed by atoms with van der Waals surface area (Å²) in [5.41, 5.74) is 0.0626. The van der Waals surface area contributed by atoms with Crippen LogP contribution in [0.25, 0.3) is 0 Å². The number of ether oxygens (including phenoxy) is 1. The molecule has 3 aliphatic rings. The molecule has 2 aromatic rings. The zero-order valence-corrected chi connectivity index (χ0v) is 26.5.